The fourth-order valence-electron chi connectivity index (χ4n) is 2.55. The Balaban J connectivity index is 2.60. The minimum Gasteiger partial charge on any atom is -0.395 e. The van der Waals surface area contributed by atoms with Gasteiger partial charge in [0.25, 0.3) is 0 Å². The van der Waals surface area contributed by atoms with Crippen LogP contribution in [0.15, 0.2) is 0 Å². The summed E-state index contributed by atoms with van der Waals surface area (Å²) in [4.78, 5) is 2.37. The second-order valence-corrected chi connectivity index (χ2v) is 4.71. The molecule has 3 nitrogen and oxygen atoms in total. The minimum atomic E-state index is 0.104. The molecule has 84 valence electrons. The van der Waals surface area contributed by atoms with Gasteiger partial charge in [0.1, 0.15) is 0 Å². The standard InChI is InChI=1S/C11H24N2O/c1-4-10(12)11(7-14)13-6-8(2)5-9(13)3/h8-11,14H,4-7,12H2,1-3H3. The normalized spacial score (nSPS) is 33.2. The van der Waals surface area contributed by atoms with Crippen LogP contribution in [-0.2, 0) is 0 Å². The van der Waals surface area contributed by atoms with Crippen molar-refractivity contribution in [2.45, 2.75) is 51.7 Å². The van der Waals surface area contributed by atoms with Crippen molar-refractivity contribution in [2.24, 2.45) is 11.7 Å². The van der Waals surface area contributed by atoms with Crippen molar-refractivity contribution in [3.05, 3.63) is 0 Å². The van der Waals surface area contributed by atoms with Gasteiger partial charge in [0, 0.05) is 24.7 Å². The van der Waals surface area contributed by atoms with Gasteiger partial charge in [-0.1, -0.05) is 13.8 Å². The van der Waals surface area contributed by atoms with Crippen molar-refractivity contribution < 1.29 is 5.11 Å². The van der Waals surface area contributed by atoms with Crippen LogP contribution in [-0.4, -0.2) is 41.3 Å². The lowest BCUT2D eigenvalue weighted by Crippen LogP contribution is -2.51. The van der Waals surface area contributed by atoms with Crippen LogP contribution in [0.3, 0.4) is 0 Å². The molecule has 1 aliphatic heterocycles. The quantitative estimate of drug-likeness (QED) is 0.706. The van der Waals surface area contributed by atoms with Gasteiger partial charge in [-0.25, -0.2) is 0 Å². The summed E-state index contributed by atoms with van der Waals surface area (Å²) in [7, 11) is 0. The molecule has 1 rings (SSSR count). The monoisotopic (exact) mass is 200 g/mol. The van der Waals surface area contributed by atoms with E-state index in [1.807, 2.05) is 0 Å². The van der Waals surface area contributed by atoms with E-state index >= 15 is 0 Å². The van der Waals surface area contributed by atoms with Gasteiger partial charge in [0.2, 0.25) is 0 Å². The third kappa shape index (κ3) is 2.47. The molecule has 0 aromatic carbocycles. The summed E-state index contributed by atoms with van der Waals surface area (Å²) < 4.78 is 0. The van der Waals surface area contributed by atoms with Gasteiger partial charge in [0.05, 0.1) is 6.61 Å². The van der Waals surface area contributed by atoms with Crippen molar-refractivity contribution in [3.8, 4) is 0 Å². The highest BCUT2D eigenvalue weighted by atomic mass is 16.3. The number of hydrogen-bond acceptors (Lipinski definition) is 3. The summed E-state index contributed by atoms with van der Waals surface area (Å²) in [5.41, 5.74) is 6.01. The van der Waals surface area contributed by atoms with Gasteiger partial charge in [0.15, 0.2) is 0 Å². The van der Waals surface area contributed by atoms with Gasteiger partial charge in [-0.05, 0) is 25.7 Å². The Morgan fingerprint density at radius 2 is 2.14 bits per heavy atom. The lowest BCUT2D eigenvalue weighted by atomic mass is 10.1. The maximum absolute atomic E-state index is 9.37. The van der Waals surface area contributed by atoms with E-state index in [2.05, 4.69) is 25.7 Å². The number of hydrogen-bond donors (Lipinski definition) is 2. The van der Waals surface area contributed by atoms with Gasteiger partial charge in [-0.3, -0.25) is 4.90 Å². The van der Waals surface area contributed by atoms with Crippen molar-refractivity contribution in [2.75, 3.05) is 13.2 Å². The summed E-state index contributed by atoms with van der Waals surface area (Å²) >= 11 is 0. The molecular formula is C11H24N2O. The van der Waals surface area contributed by atoms with E-state index in [0.717, 1.165) is 18.9 Å². The number of nitrogens with two attached hydrogens (primary N) is 1. The van der Waals surface area contributed by atoms with Gasteiger partial charge < -0.3 is 10.8 Å². The van der Waals surface area contributed by atoms with Crippen molar-refractivity contribution in [1.82, 2.24) is 4.90 Å². The molecule has 4 atom stereocenters. The first-order chi connectivity index (χ1) is 6.60. The molecule has 0 spiro atoms. The fraction of sp³-hybridized carbons (Fsp3) is 1.00. The van der Waals surface area contributed by atoms with E-state index in [4.69, 9.17) is 5.73 Å². The van der Waals surface area contributed by atoms with Crippen molar-refractivity contribution in [1.29, 1.82) is 0 Å². The third-order valence-corrected chi connectivity index (χ3v) is 3.41. The molecule has 0 saturated carbocycles. The van der Waals surface area contributed by atoms with E-state index in [9.17, 15) is 5.11 Å². The Labute approximate surface area is 87.3 Å². The lowest BCUT2D eigenvalue weighted by Gasteiger charge is -2.33. The fourth-order valence-corrected chi connectivity index (χ4v) is 2.55. The number of rotatable bonds is 4. The van der Waals surface area contributed by atoms with Crippen LogP contribution in [0.25, 0.3) is 0 Å². The molecule has 0 aromatic rings. The molecular weight excluding hydrogens is 176 g/mol. The molecule has 4 unspecified atom stereocenters. The summed E-state index contributed by atoms with van der Waals surface area (Å²) in [6.07, 6.45) is 2.16. The Kier molecular flexibility index (Phi) is 4.35. The largest absolute Gasteiger partial charge is 0.395 e. The first kappa shape index (κ1) is 12.0. The van der Waals surface area contributed by atoms with Crippen LogP contribution in [0, 0.1) is 5.92 Å². The highest BCUT2D eigenvalue weighted by Gasteiger charge is 2.33. The van der Waals surface area contributed by atoms with Crippen LogP contribution in [0.2, 0.25) is 0 Å². The molecule has 1 saturated heterocycles. The summed E-state index contributed by atoms with van der Waals surface area (Å²) in [5.74, 6) is 0.739. The first-order valence-electron chi connectivity index (χ1n) is 5.72. The topological polar surface area (TPSA) is 49.5 Å². The predicted molar refractivity (Wildman–Crippen MR) is 59.1 cm³/mol. The zero-order valence-electron chi connectivity index (χ0n) is 9.61. The molecule has 0 bridgehead atoms. The van der Waals surface area contributed by atoms with Crippen LogP contribution in [0.4, 0.5) is 0 Å². The summed E-state index contributed by atoms with van der Waals surface area (Å²) in [6.45, 7) is 7.85. The predicted octanol–water partition coefficient (Wildman–Crippen LogP) is 0.815. The van der Waals surface area contributed by atoms with Crippen LogP contribution in [0.1, 0.15) is 33.6 Å². The van der Waals surface area contributed by atoms with Gasteiger partial charge >= 0.3 is 0 Å². The summed E-state index contributed by atoms with van der Waals surface area (Å²) in [5, 5.41) is 9.37. The molecule has 1 heterocycles. The zero-order chi connectivity index (χ0) is 10.7. The second-order valence-electron chi connectivity index (χ2n) is 4.71. The van der Waals surface area contributed by atoms with E-state index in [0.29, 0.717) is 6.04 Å². The van der Waals surface area contributed by atoms with E-state index in [1.54, 1.807) is 0 Å². The molecule has 3 heteroatoms. The molecule has 1 aliphatic rings. The number of aliphatic hydroxyl groups is 1. The van der Waals surface area contributed by atoms with Crippen LogP contribution in [0.5, 0.6) is 0 Å². The zero-order valence-corrected chi connectivity index (χ0v) is 9.61. The van der Waals surface area contributed by atoms with E-state index in [1.165, 1.54) is 6.42 Å². The molecule has 0 radical (unpaired) electrons. The number of nitrogens with zero attached hydrogens (tertiary/aromatic N) is 1. The van der Waals surface area contributed by atoms with Gasteiger partial charge in [-0.2, -0.15) is 0 Å². The Bertz CT molecular complexity index is 171. The molecule has 14 heavy (non-hydrogen) atoms. The van der Waals surface area contributed by atoms with Crippen LogP contribution >= 0.6 is 0 Å². The second kappa shape index (κ2) is 5.10. The van der Waals surface area contributed by atoms with Crippen LogP contribution < -0.4 is 5.73 Å². The molecule has 0 aliphatic carbocycles. The Hall–Kier alpha value is -0.120. The highest BCUT2D eigenvalue weighted by Crippen LogP contribution is 2.25. The smallest absolute Gasteiger partial charge is 0.0602 e. The van der Waals surface area contributed by atoms with E-state index in [-0.39, 0.29) is 18.7 Å². The van der Waals surface area contributed by atoms with E-state index < -0.39 is 0 Å². The summed E-state index contributed by atoms with van der Waals surface area (Å²) in [6, 6.07) is 0.826. The molecule has 3 N–H and O–H groups in total. The average molecular weight is 200 g/mol. The average Bonchev–Trinajstić information content (AvgIpc) is 2.47. The molecule has 0 aromatic heterocycles. The lowest BCUT2D eigenvalue weighted by molar-refractivity contribution is 0.0960. The Morgan fingerprint density at radius 1 is 1.50 bits per heavy atom. The number of aliphatic hydroxyl groups excluding tert-OH is 1. The molecule has 0 amide bonds. The maximum Gasteiger partial charge on any atom is 0.0602 e. The first-order valence-corrected chi connectivity index (χ1v) is 5.72. The Morgan fingerprint density at radius 3 is 2.50 bits per heavy atom. The molecule has 1 fully saturated rings. The third-order valence-electron chi connectivity index (χ3n) is 3.41. The van der Waals surface area contributed by atoms with Crippen molar-refractivity contribution >= 4 is 0 Å². The SMILES string of the molecule is CCC(N)C(CO)N1CC(C)CC1C. The highest BCUT2D eigenvalue weighted by molar-refractivity contribution is 4.89. The minimum absolute atomic E-state index is 0.104. The maximum atomic E-state index is 9.37. The number of likely N-dealkylation sites (tertiary alicyclic amines) is 1. The van der Waals surface area contributed by atoms with Crippen molar-refractivity contribution in [3.63, 3.8) is 0 Å². The van der Waals surface area contributed by atoms with Gasteiger partial charge in [-0.15, -0.1) is 0 Å².